The molecule has 0 aromatic carbocycles. The van der Waals surface area contributed by atoms with Crippen LogP contribution in [0.3, 0.4) is 0 Å². The van der Waals surface area contributed by atoms with Crippen LogP contribution in [-0.2, 0) is 9.47 Å². The van der Waals surface area contributed by atoms with Crippen LogP contribution >= 0.6 is 24.0 Å². The number of methoxy groups -OCH3 is 2. The van der Waals surface area contributed by atoms with Gasteiger partial charge in [-0.2, -0.15) is 0 Å². The third kappa shape index (κ3) is 14.3. The molecule has 0 aliphatic carbocycles. The van der Waals surface area contributed by atoms with Crippen molar-refractivity contribution in [3.63, 3.8) is 0 Å². The number of hydrogen-bond acceptors (Lipinski definition) is 4. The van der Waals surface area contributed by atoms with Crippen LogP contribution < -0.4 is 10.6 Å². The first-order valence-corrected chi connectivity index (χ1v) is 6.85. The van der Waals surface area contributed by atoms with Gasteiger partial charge in [-0.05, 0) is 26.4 Å². The molecular formula is C13H31IN4O2. The molecule has 0 aliphatic heterocycles. The van der Waals surface area contributed by atoms with Crippen molar-refractivity contribution in [2.45, 2.75) is 12.8 Å². The fraction of sp³-hybridized carbons (Fsp3) is 0.923. The van der Waals surface area contributed by atoms with Gasteiger partial charge >= 0.3 is 0 Å². The van der Waals surface area contributed by atoms with Crippen LogP contribution in [0.25, 0.3) is 0 Å². The van der Waals surface area contributed by atoms with Gasteiger partial charge in [0.1, 0.15) is 0 Å². The minimum atomic E-state index is 0. The maximum atomic E-state index is 5.04. The largest absolute Gasteiger partial charge is 0.385 e. The zero-order valence-corrected chi connectivity index (χ0v) is 15.6. The molecule has 6 nitrogen and oxygen atoms in total. The highest BCUT2D eigenvalue weighted by molar-refractivity contribution is 14.0. The van der Waals surface area contributed by atoms with Crippen LogP contribution in [0.1, 0.15) is 12.8 Å². The van der Waals surface area contributed by atoms with Crippen molar-refractivity contribution in [1.29, 1.82) is 0 Å². The number of halogens is 1. The number of nitrogens with zero attached hydrogens (tertiary/aromatic N) is 2. The summed E-state index contributed by atoms with van der Waals surface area (Å²) in [6.45, 7) is 5.38. The van der Waals surface area contributed by atoms with Gasteiger partial charge in [0.25, 0.3) is 0 Å². The number of nitrogens with one attached hydrogen (secondary N) is 2. The predicted molar refractivity (Wildman–Crippen MR) is 95.3 cm³/mol. The molecule has 0 heterocycles. The van der Waals surface area contributed by atoms with Crippen molar-refractivity contribution < 1.29 is 9.47 Å². The Hall–Kier alpha value is -0.120. The van der Waals surface area contributed by atoms with Gasteiger partial charge in [0.15, 0.2) is 5.96 Å². The molecule has 0 saturated heterocycles. The lowest BCUT2D eigenvalue weighted by Gasteiger charge is -2.16. The second-order valence-electron chi connectivity index (χ2n) is 4.42. The van der Waals surface area contributed by atoms with Crippen molar-refractivity contribution in [3.05, 3.63) is 0 Å². The summed E-state index contributed by atoms with van der Waals surface area (Å²) in [4.78, 5) is 6.44. The maximum Gasteiger partial charge on any atom is 0.190 e. The van der Waals surface area contributed by atoms with Crippen LogP contribution in [0.15, 0.2) is 4.99 Å². The number of rotatable bonds is 11. The zero-order valence-electron chi connectivity index (χ0n) is 13.3. The summed E-state index contributed by atoms with van der Waals surface area (Å²) in [5.41, 5.74) is 0. The second-order valence-corrected chi connectivity index (χ2v) is 4.42. The van der Waals surface area contributed by atoms with Gasteiger partial charge in [-0.1, -0.05) is 0 Å². The summed E-state index contributed by atoms with van der Waals surface area (Å²) in [6.07, 6.45) is 2.07. The molecule has 0 radical (unpaired) electrons. The van der Waals surface area contributed by atoms with Crippen molar-refractivity contribution in [3.8, 4) is 0 Å². The molecule has 0 spiro atoms. The SMILES string of the molecule is CN=C(NCCCOC)NCCCN(C)CCOC.I. The average molecular weight is 402 g/mol. The molecule has 0 rings (SSSR count). The van der Waals surface area contributed by atoms with Crippen LogP contribution in [0.2, 0.25) is 0 Å². The highest BCUT2D eigenvalue weighted by Crippen LogP contribution is 1.86. The molecule has 20 heavy (non-hydrogen) atoms. The average Bonchev–Trinajstić information content (AvgIpc) is 2.43. The molecule has 0 aromatic rings. The Morgan fingerprint density at radius 3 is 2.15 bits per heavy atom. The minimum Gasteiger partial charge on any atom is -0.385 e. The highest BCUT2D eigenvalue weighted by Gasteiger charge is 1.99. The van der Waals surface area contributed by atoms with Gasteiger partial charge in [-0.15, -0.1) is 24.0 Å². The zero-order chi connectivity index (χ0) is 14.3. The van der Waals surface area contributed by atoms with E-state index in [0.717, 1.165) is 58.2 Å². The molecule has 0 atom stereocenters. The Labute approximate surface area is 140 Å². The van der Waals surface area contributed by atoms with Crippen LogP contribution in [0, 0.1) is 0 Å². The minimum absolute atomic E-state index is 0. The van der Waals surface area contributed by atoms with E-state index in [1.807, 2.05) is 0 Å². The monoisotopic (exact) mass is 402 g/mol. The molecule has 0 aliphatic rings. The normalized spacial score (nSPS) is 11.3. The first kappa shape index (κ1) is 22.2. The third-order valence-corrected chi connectivity index (χ3v) is 2.73. The van der Waals surface area contributed by atoms with E-state index in [9.17, 15) is 0 Å². The van der Waals surface area contributed by atoms with E-state index < -0.39 is 0 Å². The van der Waals surface area contributed by atoms with Gasteiger partial charge in [-0.3, -0.25) is 4.99 Å². The molecule has 122 valence electrons. The Balaban J connectivity index is 0. The van der Waals surface area contributed by atoms with Gasteiger partial charge < -0.3 is 25.0 Å². The Morgan fingerprint density at radius 2 is 1.60 bits per heavy atom. The Morgan fingerprint density at radius 1 is 1.00 bits per heavy atom. The van der Waals surface area contributed by atoms with E-state index in [-0.39, 0.29) is 24.0 Å². The summed E-state index contributed by atoms with van der Waals surface area (Å²) < 4.78 is 10.0. The summed E-state index contributed by atoms with van der Waals surface area (Å²) in [7, 11) is 7.34. The fourth-order valence-electron chi connectivity index (χ4n) is 1.56. The van der Waals surface area contributed by atoms with E-state index in [2.05, 4.69) is 27.6 Å². The van der Waals surface area contributed by atoms with Crippen molar-refractivity contribution in [2.24, 2.45) is 4.99 Å². The van der Waals surface area contributed by atoms with Gasteiger partial charge in [0.2, 0.25) is 0 Å². The van der Waals surface area contributed by atoms with Crippen LogP contribution in [0.5, 0.6) is 0 Å². The van der Waals surface area contributed by atoms with Gasteiger partial charge in [-0.25, -0.2) is 0 Å². The summed E-state index contributed by atoms with van der Waals surface area (Å²) in [5.74, 6) is 0.857. The third-order valence-electron chi connectivity index (χ3n) is 2.73. The summed E-state index contributed by atoms with van der Waals surface area (Å²) in [6, 6.07) is 0. The standard InChI is InChI=1S/C13H30N4O2.HI/c1-14-13(16-8-6-11-18-3)15-7-5-9-17(2)10-12-19-4;/h5-12H2,1-4H3,(H2,14,15,16);1H. The summed E-state index contributed by atoms with van der Waals surface area (Å²) >= 11 is 0. The van der Waals surface area contributed by atoms with E-state index in [1.54, 1.807) is 21.3 Å². The molecule has 0 unspecified atom stereocenters. The lowest BCUT2D eigenvalue weighted by molar-refractivity contribution is 0.161. The summed E-state index contributed by atoms with van der Waals surface area (Å²) in [5, 5.41) is 6.55. The fourth-order valence-corrected chi connectivity index (χ4v) is 1.56. The van der Waals surface area contributed by atoms with Gasteiger partial charge in [0.05, 0.1) is 6.61 Å². The smallest absolute Gasteiger partial charge is 0.190 e. The Kier molecular flexibility index (Phi) is 18.8. The molecule has 0 fully saturated rings. The molecule has 0 aromatic heterocycles. The van der Waals surface area contributed by atoms with Crippen molar-refractivity contribution in [1.82, 2.24) is 15.5 Å². The first-order valence-electron chi connectivity index (χ1n) is 6.85. The van der Waals surface area contributed by atoms with Gasteiger partial charge in [0, 0.05) is 47.5 Å². The number of aliphatic imine (C=N–C) groups is 1. The predicted octanol–water partition coefficient (Wildman–Crippen LogP) is 0.774. The quantitative estimate of drug-likeness (QED) is 0.232. The first-order chi connectivity index (χ1) is 9.24. The van der Waals surface area contributed by atoms with E-state index in [1.165, 1.54) is 0 Å². The number of hydrogen-bond donors (Lipinski definition) is 2. The molecule has 2 N–H and O–H groups in total. The molecular weight excluding hydrogens is 371 g/mol. The molecule has 0 amide bonds. The second kappa shape index (κ2) is 16.9. The number of likely N-dealkylation sites (N-methyl/N-ethyl adjacent to an activating group) is 1. The van der Waals surface area contributed by atoms with E-state index in [0.29, 0.717) is 0 Å². The molecule has 0 bridgehead atoms. The number of guanidine groups is 1. The molecule has 0 saturated carbocycles. The lowest BCUT2D eigenvalue weighted by Crippen LogP contribution is -2.39. The topological polar surface area (TPSA) is 58.1 Å². The lowest BCUT2D eigenvalue weighted by atomic mass is 10.4. The maximum absolute atomic E-state index is 5.04. The van der Waals surface area contributed by atoms with E-state index >= 15 is 0 Å². The highest BCUT2D eigenvalue weighted by atomic mass is 127. The van der Waals surface area contributed by atoms with E-state index in [4.69, 9.17) is 9.47 Å². The number of ether oxygens (including phenoxy) is 2. The Bertz CT molecular complexity index is 230. The van der Waals surface area contributed by atoms with Crippen molar-refractivity contribution >= 4 is 29.9 Å². The van der Waals surface area contributed by atoms with Crippen LogP contribution in [-0.4, -0.2) is 78.6 Å². The molecule has 7 heteroatoms. The van der Waals surface area contributed by atoms with Crippen LogP contribution in [0.4, 0.5) is 0 Å². The van der Waals surface area contributed by atoms with Crippen molar-refractivity contribution in [2.75, 3.05) is 67.7 Å².